The quantitative estimate of drug-likeness (QED) is 0.793. The normalized spacial score (nSPS) is 20.1. The van der Waals surface area contributed by atoms with E-state index in [0.29, 0.717) is 0 Å². The van der Waals surface area contributed by atoms with Gasteiger partial charge in [-0.15, -0.1) is 11.3 Å². The summed E-state index contributed by atoms with van der Waals surface area (Å²) in [5, 5.41) is 12.2. The van der Waals surface area contributed by atoms with Gasteiger partial charge in [0.15, 0.2) is 0 Å². The Morgan fingerprint density at radius 3 is 2.59 bits per heavy atom. The van der Waals surface area contributed by atoms with Crippen molar-refractivity contribution < 1.29 is 5.11 Å². The molecule has 1 aliphatic rings. The number of rotatable bonds is 4. The molecule has 1 fully saturated rings. The first-order valence-corrected chi connectivity index (χ1v) is 8.32. The molecule has 0 spiro atoms. The summed E-state index contributed by atoms with van der Waals surface area (Å²) in [6, 6.07) is 2.13. The van der Waals surface area contributed by atoms with E-state index >= 15 is 0 Å². The molecule has 1 aromatic rings. The maximum Gasteiger partial charge on any atom is 0.0591 e. The van der Waals surface area contributed by atoms with Crippen molar-refractivity contribution in [3.63, 3.8) is 0 Å². The number of aliphatic hydroxyl groups is 1. The van der Waals surface area contributed by atoms with Gasteiger partial charge in [-0.05, 0) is 34.3 Å². The Balaban J connectivity index is 1.77. The van der Waals surface area contributed by atoms with Gasteiger partial charge in [0.05, 0.1) is 6.10 Å². The standard InChI is InChI=1S/C14H21BrOS/c15-12-8-14(17-10-12)9-13(16)7-11-5-3-1-2-4-6-11/h8,10-11,13,16H,1-7,9H2. The van der Waals surface area contributed by atoms with Crippen molar-refractivity contribution in [1.82, 2.24) is 0 Å². The van der Waals surface area contributed by atoms with Crippen molar-refractivity contribution in [2.24, 2.45) is 5.92 Å². The molecular formula is C14H21BrOS. The topological polar surface area (TPSA) is 20.2 Å². The number of aliphatic hydroxyl groups excluding tert-OH is 1. The van der Waals surface area contributed by atoms with Crippen molar-refractivity contribution >= 4 is 27.3 Å². The van der Waals surface area contributed by atoms with Crippen molar-refractivity contribution in [3.8, 4) is 0 Å². The van der Waals surface area contributed by atoms with E-state index in [4.69, 9.17) is 0 Å². The van der Waals surface area contributed by atoms with E-state index < -0.39 is 0 Å². The predicted molar refractivity (Wildman–Crippen MR) is 77.5 cm³/mol. The fraction of sp³-hybridized carbons (Fsp3) is 0.714. The minimum Gasteiger partial charge on any atom is -0.393 e. The van der Waals surface area contributed by atoms with Gasteiger partial charge in [-0.25, -0.2) is 0 Å². The van der Waals surface area contributed by atoms with Gasteiger partial charge in [0.2, 0.25) is 0 Å². The first-order chi connectivity index (χ1) is 8.24. The van der Waals surface area contributed by atoms with Crippen molar-refractivity contribution in [3.05, 3.63) is 20.8 Å². The number of halogens is 1. The Bertz CT molecular complexity index is 329. The number of hydrogen-bond acceptors (Lipinski definition) is 2. The summed E-state index contributed by atoms with van der Waals surface area (Å²) in [4.78, 5) is 1.29. The van der Waals surface area contributed by atoms with Gasteiger partial charge in [-0.2, -0.15) is 0 Å². The van der Waals surface area contributed by atoms with Crippen LogP contribution in [0.5, 0.6) is 0 Å². The molecule has 0 radical (unpaired) electrons. The molecule has 0 bridgehead atoms. The van der Waals surface area contributed by atoms with E-state index in [2.05, 4.69) is 27.4 Å². The first kappa shape index (κ1) is 13.6. The predicted octanol–water partition coefficient (Wildman–Crippen LogP) is 4.77. The van der Waals surface area contributed by atoms with Crippen LogP contribution in [0.15, 0.2) is 15.9 Å². The molecule has 96 valence electrons. The van der Waals surface area contributed by atoms with Gasteiger partial charge in [0.25, 0.3) is 0 Å². The molecule has 1 saturated carbocycles. The molecule has 1 atom stereocenters. The van der Waals surface area contributed by atoms with E-state index in [1.807, 2.05) is 0 Å². The molecule has 0 aliphatic heterocycles. The fourth-order valence-electron chi connectivity index (χ4n) is 2.76. The van der Waals surface area contributed by atoms with Crippen LogP contribution in [0.1, 0.15) is 49.8 Å². The monoisotopic (exact) mass is 316 g/mol. The third-order valence-corrected chi connectivity index (χ3v) is 5.36. The van der Waals surface area contributed by atoms with Crippen LogP contribution >= 0.6 is 27.3 Å². The lowest BCUT2D eigenvalue weighted by Gasteiger charge is -2.17. The Kier molecular flexibility index (Phi) is 5.51. The van der Waals surface area contributed by atoms with Crippen molar-refractivity contribution in [1.29, 1.82) is 0 Å². The second-order valence-corrected chi connectivity index (χ2v) is 7.09. The van der Waals surface area contributed by atoms with Crippen LogP contribution in [0.4, 0.5) is 0 Å². The molecule has 1 unspecified atom stereocenters. The first-order valence-electron chi connectivity index (χ1n) is 6.65. The third kappa shape index (κ3) is 4.72. The van der Waals surface area contributed by atoms with E-state index in [-0.39, 0.29) is 6.10 Å². The lowest BCUT2D eigenvalue weighted by atomic mass is 9.92. The smallest absolute Gasteiger partial charge is 0.0591 e. The molecule has 3 heteroatoms. The van der Waals surface area contributed by atoms with Crippen LogP contribution in [0.3, 0.4) is 0 Å². The molecule has 1 heterocycles. The van der Waals surface area contributed by atoms with Gasteiger partial charge in [0, 0.05) is 21.2 Å². The van der Waals surface area contributed by atoms with Crippen molar-refractivity contribution in [2.45, 2.75) is 57.5 Å². The average molecular weight is 317 g/mol. The van der Waals surface area contributed by atoms with E-state index in [1.54, 1.807) is 11.3 Å². The Morgan fingerprint density at radius 1 is 1.29 bits per heavy atom. The van der Waals surface area contributed by atoms with Gasteiger partial charge in [0.1, 0.15) is 0 Å². The number of thiophene rings is 1. The lowest BCUT2D eigenvalue weighted by molar-refractivity contribution is 0.138. The Labute approximate surface area is 116 Å². The van der Waals surface area contributed by atoms with E-state index in [9.17, 15) is 5.11 Å². The van der Waals surface area contributed by atoms with Gasteiger partial charge < -0.3 is 5.11 Å². The van der Waals surface area contributed by atoms with Crippen LogP contribution in [0.25, 0.3) is 0 Å². The molecule has 1 N–H and O–H groups in total. The largest absolute Gasteiger partial charge is 0.393 e. The van der Waals surface area contributed by atoms with Crippen molar-refractivity contribution in [2.75, 3.05) is 0 Å². The highest BCUT2D eigenvalue weighted by Crippen LogP contribution is 2.28. The summed E-state index contributed by atoms with van der Waals surface area (Å²) in [7, 11) is 0. The molecule has 2 rings (SSSR count). The zero-order chi connectivity index (χ0) is 12.1. The highest BCUT2D eigenvalue weighted by atomic mass is 79.9. The maximum atomic E-state index is 10.1. The summed E-state index contributed by atoms with van der Waals surface area (Å²) in [5.74, 6) is 0.760. The molecule has 0 saturated heterocycles. The highest BCUT2D eigenvalue weighted by Gasteiger charge is 2.17. The van der Waals surface area contributed by atoms with Crippen LogP contribution in [0, 0.1) is 5.92 Å². The molecule has 0 amide bonds. The second-order valence-electron chi connectivity index (χ2n) is 5.18. The molecule has 1 aromatic heterocycles. The van der Waals surface area contributed by atoms with Crippen LogP contribution in [-0.4, -0.2) is 11.2 Å². The molecule has 1 nitrogen and oxygen atoms in total. The lowest BCUT2D eigenvalue weighted by Crippen LogP contribution is -2.15. The molecule has 17 heavy (non-hydrogen) atoms. The molecular weight excluding hydrogens is 296 g/mol. The average Bonchev–Trinajstić information content (AvgIpc) is 2.53. The minimum absolute atomic E-state index is 0.149. The van der Waals surface area contributed by atoms with E-state index in [0.717, 1.165) is 23.2 Å². The molecule has 0 aromatic carbocycles. The summed E-state index contributed by atoms with van der Waals surface area (Å²) in [6.07, 6.45) is 9.83. The van der Waals surface area contributed by atoms with Gasteiger partial charge in [-0.1, -0.05) is 38.5 Å². The summed E-state index contributed by atoms with van der Waals surface area (Å²) < 4.78 is 1.14. The van der Waals surface area contributed by atoms with Gasteiger partial charge >= 0.3 is 0 Å². The van der Waals surface area contributed by atoms with Crippen LogP contribution < -0.4 is 0 Å². The van der Waals surface area contributed by atoms with Gasteiger partial charge in [-0.3, -0.25) is 0 Å². The Hall–Kier alpha value is 0.140. The summed E-state index contributed by atoms with van der Waals surface area (Å²) >= 11 is 5.20. The van der Waals surface area contributed by atoms with E-state index in [1.165, 1.54) is 43.4 Å². The third-order valence-electron chi connectivity index (χ3n) is 3.64. The molecule has 1 aliphatic carbocycles. The second kappa shape index (κ2) is 6.91. The summed E-state index contributed by atoms with van der Waals surface area (Å²) in [5.41, 5.74) is 0. The minimum atomic E-state index is -0.149. The summed E-state index contributed by atoms with van der Waals surface area (Å²) in [6.45, 7) is 0. The zero-order valence-electron chi connectivity index (χ0n) is 10.2. The maximum absolute atomic E-state index is 10.1. The fourth-order valence-corrected chi connectivity index (χ4v) is 4.28. The SMILES string of the molecule is OC(Cc1cc(Br)cs1)CC1CCCCCC1. The highest BCUT2D eigenvalue weighted by molar-refractivity contribution is 9.10. The van der Waals surface area contributed by atoms with Crippen LogP contribution in [-0.2, 0) is 6.42 Å². The number of hydrogen-bond donors (Lipinski definition) is 1. The van der Waals surface area contributed by atoms with Crippen LogP contribution in [0.2, 0.25) is 0 Å². The Morgan fingerprint density at radius 2 is 2.00 bits per heavy atom. The zero-order valence-corrected chi connectivity index (χ0v) is 12.6.